The third-order valence-electron chi connectivity index (χ3n) is 5.88. The summed E-state index contributed by atoms with van der Waals surface area (Å²) in [6.45, 7) is 5.54. The van der Waals surface area contributed by atoms with Gasteiger partial charge in [-0.3, -0.25) is 0 Å². The molecule has 34 heavy (non-hydrogen) atoms. The smallest absolute Gasteiger partial charge is 0.353 e. The van der Waals surface area contributed by atoms with Crippen molar-refractivity contribution in [1.82, 2.24) is 24.1 Å². The number of rotatable bonds is 5. The van der Waals surface area contributed by atoms with Crippen LogP contribution in [0.2, 0.25) is 0 Å². The molecule has 1 aromatic carbocycles. The Kier molecular flexibility index (Phi) is 5.66. The summed E-state index contributed by atoms with van der Waals surface area (Å²) in [5.41, 5.74) is 9.49. The van der Waals surface area contributed by atoms with Crippen LogP contribution in [-0.4, -0.2) is 56.6 Å². The van der Waals surface area contributed by atoms with Crippen LogP contribution in [0.15, 0.2) is 53.5 Å². The highest BCUT2D eigenvalue weighted by Gasteiger charge is 2.29. The van der Waals surface area contributed by atoms with Crippen molar-refractivity contribution in [3.05, 3.63) is 64.7 Å². The lowest BCUT2D eigenvalue weighted by atomic mass is 10.1. The zero-order chi connectivity index (χ0) is 23.8. The summed E-state index contributed by atoms with van der Waals surface area (Å²) in [5, 5.41) is 4.74. The van der Waals surface area contributed by atoms with Crippen LogP contribution in [0.3, 0.4) is 0 Å². The lowest BCUT2D eigenvalue weighted by Gasteiger charge is -2.37. The van der Waals surface area contributed by atoms with Gasteiger partial charge in [-0.1, -0.05) is 36.4 Å². The average molecular weight is 462 g/mol. The van der Waals surface area contributed by atoms with Crippen molar-refractivity contribution in [2.45, 2.75) is 32.6 Å². The van der Waals surface area contributed by atoms with Crippen LogP contribution in [0.1, 0.15) is 19.4 Å². The summed E-state index contributed by atoms with van der Waals surface area (Å²) in [7, 11) is 1.55. The number of nitrogen functional groups attached to an aromatic ring is 1. The maximum atomic E-state index is 13.4. The zero-order valence-electron chi connectivity index (χ0n) is 19.4. The Bertz CT molecular complexity index is 1370. The van der Waals surface area contributed by atoms with Gasteiger partial charge in [-0.15, -0.1) is 5.10 Å². The van der Waals surface area contributed by atoms with Gasteiger partial charge in [0.1, 0.15) is 11.4 Å². The molecule has 0 bridgehead atoms. The Morgan fingerprint density at radius 1 is 1.12 bits per heavy atom. The van der Waals surface area contributed by atoms with Crippen molar-refractivity contribution in [2.24, 2.45) is 0 Å². The van der Waals surface area contributed by atoms with E-state index in [1.807, 2.05) is 50.2 Å². The molecule has 0 amide bonds. The second kappa shape index (κ2) is 8.79. The SMILES string of the molecule is COc1ncccc1Cn1nc2c(N3C[C@@H](C)O[C@@H](C)C3)c(-c3ccccc3)nc(N)n2c1=O. The Balaban J connectivity index is 1.73. The van der Waals surface area contributed by atoms with E-state index in [0.717, 1.165) is 16.8 Å². The molecule has 0 radical (unpaired) electrons. The van der Waals surface area contributed by atoms with Gasteiger partial charge >= 0.3 is 5.69 Å². The molecule has 1 aliphatic heterocycles. The highest BCUT2D eigenvalue weighted by molar-refractivity contribution is 5.86. The molecular formula is C24H27N7O3. The van der Waals surface area contributed by atoms with Crippen molar-refractivity contribution in [2.75, 3.05) is 30.8 Å². The van der Waals surface area contributed by atoms with E-state index in [2.05, 4.69) is 14.9 Å². The van der Waals surface area contributed by atoms with E-state index in [0.29, 0.717) is 30.3 Å². The fraction of sp³-hybridized carbons (Fsp3) is 0.333. The molecule has 5 rings (SSSR count). The van der Waals surface area contributed by atoms with E-state index in [4.69, 9.17) is 20.3 Å². The molecule has 2 atom stereocenters. The molecule has 4 heterocycles. The summed E-state index contributed by atoms with van der Waals surface area (Å²) >= 11 is 0. The molecule has 1 fully saturated rings. The van der Waals surface area contributed by atoms with Gasteiger partial charge in [0.15, 0.2) is 5.65 Å². The minimum atomic E-state index is -0.374. The van der Waals surface area contributed by atoms with Crippen molar-refractivity contribution in [3.63, 3.8) is 0 Å². The van der Waals surface area contributed by atoms with E-state index in [1.165, 1.54) is 9.08 Å². The minimum absolute atomic E-state index is 0.0124. The average Bonchev–Trinajstić information content (AvgIpc) is 3.15. The van der Waals surface area contributed by atoms with Gasteiger partial charge in [0, 0.05) is 30.4 Å². The molecule has 0 aliphatic carbocycles. The van der Waals surface area contributed by atoms with E-state index in [9.17, 15) is 4.79 Å². The topological polar surface area (TPSA) is 113 Å². The van der Waals surface area contributed by atoms with Crippen LogP contribution in [-0.2, 0) is 11.3 Å². The number of hydrogen-bond acceptors (Lipinski definition) is 8. The van der Waals surface area contributed by atoms with Crippen molar-refractivity contribution in [1.29, 1.82) is 0 Å². The number of aromatic nitrogens is 5. The molecule has 2 N–H and O–H groups in total. The number of methoxy groups -OCH3 is 1. The molecular weight excluding hydrogens is 434 g/mol. The van der Waals surface area contributed by atoms with Gasteiger partial charge in [-0.2, -0.15) is 0 Å². The lowest BCUT2D eigenvalue weighted by molar-refractivity contribution is -0.00513. The second-order valence-electron chi connectivity index (χ2n) is 8.47. The normalized spacial score (nSPS) is 18.4. The first kappa shape index (κ1) is 21.9. The number of anilines is 2. The minimum Gasteiger partial charge on any atom is -0.481 e. The Morgan fingerprint density at radius 2 is 1.85 bits per heavy atom. The van der Waals surface area contributed by atoms with Crippen molar-refractivity contribution in [3.8, 4) is 17.1 Å². The Hall–Kier alpha value is -3.92. The highest BCUT2D eigenvalue weighted by Crippen LogP contribution is 2.35. The lowest BCUT2D eigenvalue weighted by Crippen LogP contribution is -2.46. The predicted octanol–water partition coefficient (Wildman–Crippen LogP) is 2.21. The number of ether oxygens (including phenoxy) is 2. The summed E-state index contributed by atoms with van der Waals surface area (Å²) in [6, 6.07) is 13.5. The van der Waals surface area contributed by atoms with Crippen LogP contribution >= 0.6 is 0 Å². The molecule has 10 nitrogen and oxygen atoms in total. The maximum Gasteiger partial charge on any atom is 0.353 e. The summed E-state index contributed by atoms with van der Waals surface area (Å²) in [4.78, 5) is 24.5. The predicted molar refractivity (Wildman–Crippen MR) is 129 cm³/mol. The van der Waals surface area contributed by atoms with E-state index < -0.39 is 0 Å². The number of benzene rings is 1. The number of hydrogen-bond donors (Lipinski definition) is 1. The Labute approximate surface area is 196 Å². The molecule has 176 valence electrons. The van der Waals surface area contributed by atoms with E-state index in [1.54, 1.807) is 19.4 Å². The fourth-order valence-corrected chi connectivity index (χ4v) is 4.53. The quantitative estimate of drug-likeness (QED) is 0.481. The van der Waals surface area contributed by atoms with Crippen LogP contribution < -0.4 is 21.1 Å². The molecule has 0 unspecified atom stereocenters. The summed E-state index contributed by atoms with van der Waals surface area (Å²) in [6.07, 6.45) is 1.67. The third kappa shape index (κ3) is 3.86. The monoisotopic (exact) mass is 461 g/mol. The van der Waals surface area contributed by atoms with Gasteiger partial charge in [0.25, 0.3) is 0 Å². The summed E-state index contributed by atoms with van der Waals surface area (Å²) in [5.74, 6) is 0.528. The molecule has 3 aromatic heterocycles. The molecule has 1 aliphatic rings. The van der Waals surface area contributed by atoms with E-state index >= 15 is 0 Å². The molecule has 0 spiro atoms. The number of fused-ring (bicyclic) bond motifs is 1. The van der Waals surface area contributed by atoms with Gasteiger partial charge < -0.3 is 20.1 Å². The first-order valence-corrected chi connectivity index (χ1v) is 11.2. The molecule has 1 saturated heterocycles. The third-order valence-corrected chi connectivity index (χ3v) is 5.88. The Morgan fingerprint density at radius 3 is 2.56 bits per heavy atom. The number of pyridine rings is 1. The number of nitrogens with two attached hydrogens (primary N) is 1. The number of nitrogens with zero attached hydrogens (tertiary/aromatic N) is 6. The number of morpholine rings is 1. The highest BCUT2D eigenvalue weighted by atomic mass is 16.5. The second-order valence-corrected chi connectivity index (χ2v) is 8.47. The largest absolute Gasteiger partial charge is 0.481 e. The van der Waals surface area contributed by atoms with Crippen LogP contribution in [0.5, 0.6) is 5.88 Å². The summed E-state index contributed by atoms with van der Waals surface area (Å²) < 4.78 is 14.0. The fourth-order valence-electron chi connectivity index (χ4n) is 4.53. The molecule has 10 heteroatoms. The zero-order valence-corrected chi connectivity index (χ0v) is 19.4. The van der Waals surface area contributed by atoms with Crippen LogP contribution in [0.25, 0.3) is 16.9 Å². The van der Waals surface area contributed by atoms with Crippen LogP contribution in [0, 0.1) is 0 Å². The first-order valence-electron chi connectivity index (χ1n) is 11.2. The van der Waals surface area contributed by atoms with E-state index in [-0.39, 0.29) is 30.4 Å². The molecule has 4 aromatic rings. The van der Waals surface area contributed by atoms with Gasteiger partial charge in [0.05, 0.1) is 25.9 Å². The molecule has 0 saturated carbocycles. The standard InChI is InChI=1S/C24H27N7O3/c1-15-12-29(13-16(2)34-15)20-19(17-8-5-4-6-9-17)27-23(25)31-21(20)28-30(24(31)32)14-18-10-7-11-26-22(18)33-3/h4-11,15-16H,12-14H2,1-3H3,(H2,25,27)/t15-,16+. The van der Waals surface area contributed by atoms with Gasteiger partial charge in [-0.25, -0.2) is 23.8 Å². The van der Waals surface area contributed by atoms with Gasteiger partial charge in [-0.05, 0) is 19.9 Å². The first-order chi connectivity index (χ1) is 16.5. The van der Waals surface area contributed by atoms with Crippen LogP contribution in [0.4, 0.5) is 11.6 Å². The van der Waals surface area contributed by atoms with Gasteiger partial charge in [0.2, 0.25) is 11.8 Å². The van der Waals surface area contributed by atoms with Crippen molar-refractivity contribution < 1.29 is 9.47 Å². The van der Waals surface area contributed by atoms with Crippen molar-refractivity contribution >= 4 is 17.3 Å². The maximum absolute atomic E-state index is 13.4.